The number of hydrogen-bond donors (Lipinski definition) is 0. The van der Waals surface area contributed by atoms with Crippen molar-refractivity contribution in [3.05, 3.63) is 81.8 Å². The monoisotopic (exact) mass is 390 g/mol. The summed E-state index contributed by atoms with van der Waals surface area (Å²) in [5, 5.41) is 4.66. The van der Waals surface area contributed by atoms with Crippen molar-refractivity contribution >= 4 is 0 Å². The number of aryl methyl sites for hydroxylation is 1. The highest BCUT2D eigenvalue weighted by Gasteiger charge is 2.23. The molecule has 1 saturated heterocycles. The van der Waals surface area contributed by atoms with Gasteiger partial charge in [0.2, 0.25) is 0 Å². The van der Waals surface area contributed by atoms with Gasteiger partial charge in [0.1, 0.15) is 11.9 Å². The average Bonchev–Trinajstić information content (AvgIpc) is 2.76. The second-order valence-electron chi connectivity index (χ2n) is 7.44. The van der Waals surface area contributed by atoms with Crippen LogP contribution >= 0.6 is 0 Å². The van der Waals surface area contributed by atoms with E-state index in [1.54, 1.807) is 4.68 Å². The summed E-state index contributed by atoms with van der Waals surface area (Å²) in [7, 11) is 0. The summed E-state index contributed by atoms with van der Waals surface area (Å²) >= 11 is 0. The second kappa shape index (κ2) is 8.68. The van der Waals surface area contributed by atoms with Gasteiger partial charge in [-0.3, -0.25) is 9.69 Å². The van der Waals surface area contributed by atoms with Crippen molar-refractivity contribution in [1.29, 1.82) is 0 Å². The van der Waals surface area contributed by atoms with Crippen LogP contribution in [0.4, 0.5) is 0 Å². The Balaban J connectivity index is 1.78. The van der Waals surface area contributed by atoms with E-state index in [0.717, 1.165) is 24.2 Å². The Morgan fingerprint density at radius 2 is 1.72 bits per heavy atom. The maximum absolute atomic E-state index is 13.3. The Morgan fingerprint density at radius 3 is 2.41 bits per heavy atom. The lowest BCUT2D eigenvalue weighted by Crippen LogP contribution is -2.44. The van der Waals surface area contributed by atoms with Crippen LogP contribution in [0.25, 0.3) is 11.4 Å². The van der Waals surface area contributed by atoms with Gasteiger partial charge in [-0.1, -0.05) is 60.2 Å². The Labute approximate surface area is 170 Å². The molecule has 0 saturated carbocycles. The molecule has 2 aromatic carbocycles. The first kappa shape index (κ1) is 19.5. The van der Waals surface area contributed by atoms with Gasteiger partial charge in [-0.05, 0) is 19.4 Å². The summed E-state index contributed by atoms with van der Waals surface area (Å²) in [6.07, 6.45) is 0.324. The lowest BCUT2D eigenvalue weighted by Gasteiger charge is -2.32. The number of aromatic nitrogens is 3. The van der Waals surface area contributed by atoms with Gasteiger partial charge in [0.15, 0.2) is 5.82 Å². The van der Waals surface area contributed by atoms with Crippen molar-refractivity contribution in [2.24, 2.45) is 0 Å². The van der Waals surface area contributed by atoms with E-state index in [-0.39, 0.29) is 11.7 Å². The number of benzene rings is 2. The van der Waals surface area contributed by atoms with Crippen LogP contribution in [0.3, 0.4) is 0 Å². The van der Waals surface area contributed by atoms with Crippen LogP contribution in [-0.4, -0.2) is 46.0 Å². The highest BCUT2D eigenvalue weighted by Crippen LogP contribution is 2.18. The molecule has 1 aliphatic rings. The summed E-state index contributed by atoms with van der Waals surface area (Å²) in [5.74, 6) is 0.579. The molecule has 4 rings (SSSR count). The molecular formula is C23H26N4O2. The predicted molar refractivity (Wildman–Crippen MR) is 113 cm³/mol. The minimum atomic E-state index is -0.159. The number of rotatable bonds is 5. The zero-order chi connectivity index (χ0) is 20.2. The van der Waals surface area contributed by atoms with Gasteiger partial charge in [-0.15, -0.1) is 5.10 Å². The molecule has 0 amide bonds. The van der Waals surface area contributed by atoms with Crippen molar-refractivity contribution in [2.75, 3.05) is 26.3 Å². The third-order valence-electron chi connectivity index (χ3n) is 5.35. The van der Waals surface area contributed by atoms with Crippen LogP contribution < -0.4 is 5.56 Å². The van der Waals surface area contributed by atoms with E-state index in [0.29, 0.717) is 31.2 Å². The largest absolute Gasteiger partial charge is 0.379 e. The molecular weight excluding hydrogens is 364 g/mol. The third kappa shape index (κ3) is 4.44. The van der Waals surface area contributed by atoms with E-state index in [1.165, 1.54) is 5.56 Å². The van der Waals surface area contributed by atoms with Crippen molar-refractivity contribution < 1.29 is 4.74 Å². The first-order valence-corrected chi connectivity index (χ1v) is 10.0. The van der Waals surface area contributed by atoms with Crippen molar-refractivity contribution in [3.63, 3.8) is 0 Å². The molecule has 1 aliphatic heterocycles. The topological polar surface area (TPSA) is 60.2 Å². The minimum absolute atomic E-state index is 0.135. The number of ether oxygens (including phenoxy) is 1. The van der Waals surface area contributed by atoms with Crippen LogP contribution in [0.5, 0.6) is 0 Å². The van der Waals surface area contributed by atoms with Gasteiger partial charge in [0.05, 0.1) is 13.2 Å². The molecule has 6 nitrogen and oxygen atoms in total. The number of hydrogen-bond acceptors (Lipinski definition) is 5. The Hall–Kier alpha value is -2.83. The molecule has 0 aliphatic carbocycles. The second-order valence-corrected chi connectivity index (χ2v) is 7.44. The molecule has 1 atom stereocenters. The van der Waals surface area contributed by atoms with Gasteiger partial charge in [-0.25, -0.2) is 9.67 Å². The first-order chi connectivity index (χ1) is 14.1. The van der Waals surface area contributed by atoms with E-state index in [1.807, 2.05) is 68.4 Å². The highest BCUT2D eigenvalue weighted by atomic mass is 16.5. The molecule has 1 aromatic heterocycles. The van der Waals surface area contributed by atoms with Gasteiger partial charge >= 0.3 is 0 Å². The molecule has 0 spiro atoms. The fourth-order valence-electron chi connectivity index (χ4n) is 3.57. The van der Waals surface area contributed by atoms with Gasteiger partial charge < -0.3 is 4.74 Å². The van der Waals surface area contributed by atoms with Crippen molar-refractivity contribution in [3.8, 4) is 11.4 Å². The van der Waals surface area contributed by atoms with E-state index in [9.17, 15) is 4.79 Å². The SMILES string of the molecule is Cc1ccc(-c2nc(Cc3ccccc3)c(=O)n(C(C)N3CCOCC3)n2)cc1. The Morgan fingerprint density at radius 1 is 1.03 bits per heavy atom. The lowest BCUT2D eigenvalue weighted by atomic mass is 10.1. The normalized spacial score (nSPS) is 15.9. The minimum Gasteiger partial charge on any atom is -0.379 e. The maximum atomic E-state index is 13.3. The molecule has 2 heterocycles. The molecule has 0 N–H and O–H groups in total. The smallest absolute Gasteiger partial charge is 0.290 e. The summed E-state index contributed by atoms with van der Waals surface area (Å²) in [4.78, 5) is 20.2. The van der Waals surface area contributed by atoms with Crippen molar-refractivity contribution in [1.82, 2.24) is 19.7 Å². The molecule has 0 bridgehead atoms. The van der Waals surface area contributed by atoms with E-state index >= 15 is 0 Å². The third-order valence-corrected chi connectivity index (χ3v) is 5.35. The van der Waals surface area contributed by atoms with E-state index < -0.39 is 0 Å². The Kier molecular flexibility index (Phi) is 5.83. The fourth-order valence-corrected chi connectivity index (χ4v) is 3.57. The zero-order valence-corrected chi connectivity index (χ0v) is 16.9. The molecule has 1 unspecified atom stereocenters. The van der Waals surface area contributed by atoms with Gasteiger partial charge in [-0.2, -0.15) is 0 Å². The first-order valence-electron chi connectivity index (χ1n) is 10.0. The van der Waals surface area contributed by atoms with Gasteiger partial charge in [0.25, 0.3) is 5.56 Å². The summed E-state index contributed by atoms with van der Waals surface area (Å²) < 4.78 is 7.05. The standard InChI is InChI=1S/C23H26N4O2/c1-17-8-10-20(11-9-17)22-24-21(16-19-6-4-3-5-7-19)23(28)27(25-22)18(2)26-12-14-29-15-13-26/h3-11,18H,12-16H2,1-2H3. The Bertz CT molecular complexity index is 1010. The summed E-state index contributed by atoms with van der Waals surface area (Å²) in [6.45, 7) is 6.98. The number of nitrogens with zero attached hydrogens (tertiary/aromatic N) is 4. The van der Waals surface area contributed by atoms with Crippen LogP contribution in [0.15, 0.2) is 59.4 Å². The molecule has 6 heteroatoms. The molecule has 3 aromatic rings. The van der Waals surface area contributed by atoms with E-state index in [4.69, 9.17) is 4.74 Å². The van der Waals surface area contributed by atoms with Gasteiger partial charge in [0, 0.05) is 25.1 Å². The average molecular weight is 390 g/mol. The van der Waals surface area contributed by atoms with Crippen molar-refractivity contribution in [2.45, 2.75) is 26.4 Å². The summed E-state index contributed by atoms with van der Waals surface area (Å²) in [6, 6.07) is 18.0. The maximum Gasteiger partial charge on any atom is 0.290 e. The predicted octanol–water partition coefficient (Wildman–Crippen LogP) is 3.06. The van der Waals surface area contributed by atoms with E-state index in [2.05, 4.69) is 15.0 Å². The summed E-state index contributed by atoms with van der Waals surface area (Å²) in [5.41, 5.74) is 3.52. The molecule has 29 heavy (non-hydrogen) atoms. The lowest BCUT2D eigenvalue weighted by molar-refractivity contribution is -0.000958. The van der Waals surface area contributed by atoms with Crippen LogP contribution in [0, 0.1) is 6.92 Å². The van der Waals surface area contributed by atoms with Crippen LogP contribution in [-0.2, 0) is 11.2 Å². The molecule has 150 valence electrons. The highest BCUT2D eigenvalue weighted by molar-refractivity contribution is 5.54. The number of morpholine rings is 1. The fraction of sp³-hybridized carbons (Fsp3) is 0.348. The zero-order valence-electron chi connectivity index (χ0n) is 16.9. The van der Waals surface area contributed by atoms with Crippen LogP contribution in [0.1, 0.15) is 29.9 Å². The molecule has 1 fully saturated rings. The molecule has 0 radical (unpaired) electrons. The van der Waals surface area contributed by atoms with Crippen LogP contribution in [0.2, 0.25) is 0 Å². The quantitative estimate of drug-likeness (QED) is 0.670.